The average molecular weight is 300 g/mol. The van der Waals surface area contributed by atoms with Gasteiger partial charge in [0.05, 0.1) is 0 Å². The zero-order valence-electron chi connectivity index (χ0n) is 2.09. The molecule has 0 saturated heterocycles. The van der Waals surface area contributed by atoms with E-state index in [4.69, 9.17) is 0 Å². The van der Waals surface area contributed by atoms with E-state index < -0.39 is 0 Å². The first-order chi connectivity index (χ1) is 0. The summed E-state index contributed by atoms with van der Waals surface area (Å²) in [5.41, 5.74) is 0. The van der Waals surface area contributed by atoms with Gasteiger partial charge in [0.25, 0.3) is 0 Å². The third-order valence-corrected chi connectivity index (χ3v) is 0. The Bertz CT molecular complexity index is 6.00. The van der Waals surface area contributed by atoms with Gasteiger partial charge < -0.3 is 11.0 Å². The van der Waals surface area contributed by atoms with E-state index in [-0.39, 0.29) is 55.3 Å². The molecule has 4 heteroatoms. The molecule has 0 aromatic heterocycles. The first-order valence-electron chi connectivity index (χ1n) is 0. The fourth-order valence-electron chi connectivity index (χ4n) is 0. The molecule has 0 spiro atoms. The summed E-state index contributed by atoms with van der Waals surface area (Å²) < 4.78 is 0. The second-order valence-corrected chi connectivity index (χ2v) is 0. The standard InChI is InChI=1S/Mn.2H2O.Pb.2H/h;2*1H2;;;. The molecule has 0 amide bonds. The van der Waals surface area contributed by atoms with Crippen LogP contribution in [0.3, 0.4) is 0 Å². The molecule has 0 aromatic carbocycles. The molecular weight excluding hydrogens is 294 g/mol. The van der Waals surface area contributed by atoms with Crippen LogP contribution in [0.1, 0.15) is 0 Å². The molecule has 2 nitrogen and oxygen atoms in total. The van der Waals surface area contributed by atoms with Gasteiger partial charge in [0, 0.05) is 17.1 Å². The van der Waals surface area contributed by atoms with Crippen LogP contribution in [0, 0.1) is 0 Å². The first-order valence-corrected chi connectivity index (χ1v) is 0. The summed E-state index contributed by atoms with van der Waals surface area (Å²) in [6, 6.07) is 0. The van der Waals surface area contributed by atoms with E-state index in [0.29, 0.717) is 0 Å². The average Bonchev–Trinajstić information content (AvgIpc) is 0. The van der Waals surface area contributed by atoms with Gasteiger partial charge in [-0.3, -0.25) is 0 Å². The van der Waals surface area contributed by atoms with Crippen LogP contribution in [0.4, 0.5) is 0 Å². The van der Waals surface area contributed by atoms with E-state index in [1.807, 2.05) is 0 Å². The van der Waals surface area contributed by atoms with Crippen molar-refractivity contribution >= 4 is 27.3 Å². The van der Waals surface area contributed by atoms with Gasteiger partial charge in [-0.1, -0.05) is 0 Å². The second kappa shape index (κ2) is 26.6. The Hall–Kier alpha value is 1.36. The molecule has 4 heavy (non-hydrogen) atoms. The summed E-state index contributed by atoms with van der Waals surface area (Å²) in [5.74, 6) is 0. The van der Waals surface area contributed by atoms with E-state index in [0.717, 1.165) is 0 Å². The van der Waals surface area contributed by atoms with Crippen molar-refractivity contribution < 1.29 is 28.0 Å². The molecule has 0 fully saturated rings. The summed E-state index contributed by atoms with van der Waals surface area (Å²) >= 11 is 0. The van der Waals surface area contributed by atoms with Gasteiger partial charge in [-0.2, -0.15) is 0 Å². The van der Waals surface area contributed by atoms with Gasteiger partial charge in [-0.15, -0.1) is 0 Å². The van der Waals surface area contributed by atoms with Crippen molar-refractivity contribution in [1.29, 1.82) is 0 Å². The molecular formula is H6MnO2Pb. The SMILES string of the molecule is O.O.[Mn].[PbH2]. The topological polar surface area (TPSA) is 63.0 Å². The Morgan fingerprint density at radius 1 is 0.750 bits per heavy atom. The van der Waals surface area contributed by atoms with E-state index in [9.17, 15) is 0 Å². The summed E-state index contributed by atoms with van der Waals surface area (Å²) in [4.78, 5) is 0. The molecule has 0 aromatic rings. The minimum absolute atomic E-state index is 0. The van der Waals surface area contributed by atoms with Crippen LogP contribution in [-0.2, 0) is 17.1 Å². The first kappa shape index (κ1) is 55.0. The zero-order valence-corrected chi connectivity index (χ0v) is 8.76. The molecule has 0 rings (SSSR count). The molecule has 0 aliphatic rings. The van der Waals surface area contributed by atoms with Crippen molar-refractivity contribution in [3.8, 4) is 0 Å². The van der Waals surface area contributed by atoms with Gasteiger partial charge in [0.2, 0.25) is 0 Å². The van der Waals surface area contributed by atoms with Crippen LogP contribution in [0.25, 0.3) is 0 Å². The summed E-state index contributed by atoms with van der Waals surface area (Å²) in [5, 5.41) is 0. The Balaban J connectivity index is 0. The van der Waals surface area contributed by atoms with E-state index >= 15 is 0 Å². The van der Waals surface area contributed by atoms with Crippen molar-refractivity contribution in [2.24, 2.45) is 0 Å². The third-order valence-electron chi connectivity index (χ3n) is 0. The summed E-state index contributed by atoms with van der Waals surface area (Å²) in [6.45, 7) is 0. The molecule has 29 valence electrons. The summed E-state index contributed by atoms with van der Waals surface area (Å²) in [7, 11) is 0. The predicted molar refractivity (Wildman–Crippen MR) is 15.8 cm³/mol. The van der Waals surface area contributed by atoms with E-state index in [1.165, 1.54) is 0 Å². The fraction of sp³-hybridized carbons (Fsp3) is 0. The Kier molecular flexibility index (Phi) is 366. The van der Waals surface area contributed by atoms with Crippen LogP contribution in [0.5, 0.6) is 0 Å². The van der Waals surface area contributed by atoms with Crippen LogP contribution < -0.4 is 0 Å². The zero-order chi connectivity index (χ0) is 0. The van der Waals surface area contributed by atoms with Crippen molar-refractivity contribution in [2.75, 3.05) is 0 Å². The number of hydrogen-bond acceptors (Lipinski definition) is 0. The molecule has 0 bridgehead atoms. The predicted octanol–water partition coefficient (Wildman–Crippen LogP) is -2.57. The maximum absolute atomic E-state index is 0. The van der Waals surface area contributed by atoms with E-state index in [2.05, 4.69) is 0 Å². The van der Waals surface area contributed by atoms with Gasteiger partial charge in [0.1, 0.15) is 0 Å². The van der Waals surface area contributed by atoms with Crippen molar-refractivity contribution in [3.05, 3.63) is 0 Å². The number of rotatable bonds is 0. The van der Waals surface area contributed by atoms with Crippen molar-refractivity contribution in [3.63, 3.8) is 0 Å². The normalized spacial score (nSPS) is 0. The van der Waals surface area contributed by atoms with Gasteiger partial charge in [-0.05, 0) is 0 Å². The molecule has 0 saturated carbocycles. The molecule has 0 aliphatic heterocycles. The molecule has 4 N–H and O–H groups in total. The molecule has 0 heterocycles. The van der Waals surface area contributed by atoms with E-state index in [1.54, 1.807) is 0 Å². The Morgan fingerprint density at radius 2 is 0.750 bits per heavy atom. The fourth-order valence-corrected chi connectivity index (χ4v) is 0. The second-order valence-electron chi connectivity index (χ2n) is 0. The minimum atomic E-state index is 0. The summed E-state index contributed by atoms with van der Waals surface area (Å²) in [6.07, 6.45) is 0. The molecule has 0 atom stereocenters. The third kappa shape index (κ3) is 10.1. The van der Waals surface area contributed by atoms with Crippen LogP contribution in [0.15, 0.2) is 0 Å². The quantitative estimate of drug-likeness (QED) is 0.442. The van der Waals surface area contributed by atoms with Crippen molar-refractivity contribution in [1.82, 2.24) is 0 Å². The Labute approximate surface area is 55.2 Å². The van der Waals surface area contributed by atoms with Crippen molar-refractivity contribution in [2.45, 2.75) is 0 Å². The van der Waals surface area contributed by atoms with Gasteiger partial charge in [-0.25, -0.2) is 0 Å². The van der Waals surface area contributed by atoms with Gasteiger partial charge >= 0.3 is 27.3 Å². The molecule has 3 radical (unpaired) electrons. The van der Waals surface area contributed by atoms with Crippen LogP contribution >= 0.6 is 0 Å². The molecule has 0 aliphatic carbocycles. The van der Waals surface area contributed by atoms with Crippen LogP contribution in [-0.4, -0.2) is 38.3 Å². The maximum atomic E-state index is 0. The Morgan fingerprint density at radius 3 is 0.750 bits per heavy atom. The molecule has 0 unspecified atom stereocenters. The van der Waals surface area contributed by atoms with Gasteiger partial charge in [0.15, 0.2) is 0 Å². The van der Waals surface area contributed by atoms with Crippen LogP contribution in [0.2, 0.25) is 0 Å². The monoisotopic (exact) mass is 301 g/mol. The number of hydrogen-bond donors (Lipinski definition) is 0.